The number of rotatable bonds is 4. The smallest absolute Gasteiger partial charge is 0.184 e. The molecule has 1 rings (SSSR count). The molecule has 1 heterocycles. The number of nitrogens with two attached hydrogens (primary N) is 1. The summed E-state index contributed by atoms with van der Waals surface area (Å²) in [6, 6.07) is 0. The topological polar surface area (TPSA) is 69.6 Å². The average molecular weight is 187 g/mol. The Balaban J connectivity index is 2.33. The molecule has 0 amide bonds. The van der Waals surface area contributed by atoms with Crippen LogP contribution in [0.3, 0.4) is 0 Å². The zero-order valence-electron chi connectivity index (χ0n) is 7.27. The van der Waals surface area contributed by atoms with Gasteiger partial charge in [-0.25, -0.2) is 0 Å². The summed E-state index contributed by atoms with van der Waals surface area (Å²) in [4.78, 5) is 1.46. The second kappa shape index (κ2) is 4.42. The van der Waals surface area contributed by atoms with Gasteiger partial charge in [0, 0.05) is 11.8 Å². The number of aromatic nitrogens is 4. The molecule has 1 unspecified atom stereocenters. The highest BCUT2D eigenvalue weighted by atomic mass is 32.2. The normalized spacial score (nSPS) is 13.2. The van der Waals surface area contributed by atoms with Crippen LogP contribution in [0.1, 0.15) is 12.7 Å². The van der Waals surface area contributed by atoms with Crippen molar-refractivity contribution in [3.8, 4) is 0 Å². The molecule has 1 atom stereocenters. The fourth-order valence-electron chi connectivity index (χ4n) is 0.666. The van der Waals surface area contributed by atoms with Gasteiger partial charge >= 0.3 is 0 Å². The van der Waals surface area contributed by atoms with E-state index < -0.39 is 0 Å². The third-order valence-corrected chi connectivity index (χ3v) is 2.56. The minimum absolute atomic E-state index is 0.453. The molecule has 2 N–H and O–H groups in total. The maximum atomic E-state index is 5.46. The minimum Gasteiger partial charge on any atom is -0.329 e. The van der Waals surface area contributed by atoms with Crippen LogP contribution in [0, 0.1) is 0 Å². The molecule has 0 aliphatic rings. The molecule has 0 radical (unpaired) electrons. The molecule has 5 nitrogen and oxygen atoms in total. The first-order valence-electron chi connectivity index (χ1n) is 3.77. The molecule has 68 valence electrons. The van der Waals surface area contributed by atoms with Gasteiger partial charge in [-0.1, -0.05) is 6.92 Å². The van der Waals surface area contributed by atoms with Crippen molar-refractivity contribution in [1.29, 1.82) is 0 Å². The molecule has 0 aliphatic carbocycles. The zero-order chi connectivity index (χ0) is 8.97. The van der Waals surface area contributed by atoms with E-state index in [1.165, 1.54) is 4.80 Å². The highest BCUT2D eigenvalue weighted by Gasteiger charge is 2.03. The largest absolute Gasteiger partial charge is 0.329 e. The van der Waals surface area contributed by atoms with Crippen molar-refractivity contribution in [2.24, 2.45) is 12.8 Å². The van der Waals surface area contributed by atoms with E-state index in [-0.39, 0.29) is 0 Å². The lowest BCUT2D eigenvalue weighted by Crippen LogP contribution is -2.12. The van der Waals surface area contributed by atoms with E-state index in [0.717, 1.165) is 11.6 Å². The van der Waals surface area contributed by atoms with Gasteiger partial charge < -0.3 is 5.73 Å². The van der Waals surface area contributed by atoms with Crippen LogP contribution in [0.15, 0.2) is 0 Å². The van der Waals surface area contributed by atoms with Gasteiger partial charge in [-0.15, -0.1) is 22.0 Å². The van der Waals surface area contributed by atoms with E-state index in [9.17, 15) is 0 Å². The SMILES string of the molecule is CC(CN)SCc1nnn(C)n1. The molecule has 6 heteroatoms. The van der Waals surface area contributed by atoms with Crippen molar-refractivity contribution < 1.29 is 0 Å². The lowest BCUT2D eigenvalue weighted by Gasteiger charge is -2.04. The summed E-state index contributed by atoms with van der Waals surface area (Å²) >= 11 is 1.74. The van der Waals surface area contributed by atoms with Crippen LogP contribution in [0.5, 0.6) is 0 Å². The predicted octanol–water partition coefficient (Wildman–Crippen LogP) is -0.210. The Kier molecular flexibility index (Phi) is 3.48. The first kappa shape index (κ1) is 9.47. The van der Waals surface area contributed by atoms with Gasteiger partial charge in [-0.05, 0) is 5.21 Å². The van der Waals surface area contributed by atoms with E-state index in [2.05, 4.69) is 22.3 Å². The first-order chi connectivity index (χ1) is 5.72. The van der Waals surface area contributed by atoms with Gasteiger partial charge in [0.15, 0.2) is 5.82 Å². The third-order valence-electron chi connectivity index (χ3n) is 1.38. The Hall–Kier alpha value is -0.620. The fourth-order valence-corrected chi connectivity index (χ4v) is 1.35. The molecule has 0 saturated heterocycles. The number of thioether (sulfide) groups is 1. The Morgan fingerprint density at radius 1 is 1.67 bits per heavy atom. The standard InChI is InChI=1S/C6H13N5S/c1-5(3-7)12-4-6-8-10-11(2)9-6/h5H,3-4,7H2,1-2H3. The molecule has 1 aromatic rings. The van der Waals surface area contributed by atoms with Crippen LogP contribution >= 0.6 is 11.8 Å². The van der Waals surface area contributed by atoms with E-state index in [1.807, 2.05) is 0 Å². The molecular formula is C6H13N5S. The van der Waals surface area contributed by atoms with Crippen molar-refractivity contribution in [2.75, 3.05) is 6.54 Å². The molecule has 0 fully saturated rings. The highest BCUT2D eigenvalue weighted by Crippen LogP contribution is 2.12. The van der Waals surface area contributed by atoms with Crippen molar-refractivity contribution >= 4 is 11.8 Å². The monoisotopic (exact) mass is 187 g/mol. The van der Waals surface area contributed by atoms with E-state index in [1.54, 1.807) is 18.8 Å². The van der Waals surface area contributed by atoms with Gasteiger partial charge in [0.2, 0.25) is 0 Å². The maximum Gasteiger partial charge on any atom is 0.184 e. The number of hydrogen-bond donors (Lipinski definition) is 1. The van der Waals surface area contributed by atoms with Crippen molar-refractivity contribution in [3.63, 3.8) is 0 Å². The van der Waals surface area contributed by atoms with Crippen LogP contribution in [0.2, 0.25) is 0 Å². The number of tetrazole rings is 1. The second-order valence-electron chi connectivity index (χ2n) is 2.55. The Morgan fingerprint density at radius 3 is 2.92 bits per heavy atom. The van der Waals surface area contributed by atoms with Crippen LogP contribution < -0.4 is 5.73 Å². The summed E-state index contributed by atoms with van der Waals surface area (Å²) in [5.41, 5.74) is 5.46. The quantitative estimate of drug-likeness (QED) is 0.706. The van der Waals surface area contributed by atoms with Crippen molar-refractivity contribution in [2.45, 2.75) is 17.9 Å². The summed E-state index contributed by atoms with van der Waals surface area (Å²) in [5.74, 6) is 1.55. The van der Waals surface area contributed by atoms with E-state index in [0.29, 0.717) is 11.8 Å². The highest BCUT2D eigenvalue weighted by molar-refractivity contribution is 7.99. The van der Waals surface area contributed by atoms with Gasteiger partial charge in [-0.3, -0.25) is 0 Å². The fraction of sp³-hybridized carbons (Fsp3) is 0.833. The Bertz CT molecular complexity index is 236. The number of aryl methyl sites for hydroxylation is 1. The Labute approximate surface area is 75.7 Å². The molecular weight excluding hydrogens is 174 g/mol. The minimum atomic E-state index is 0.453. The van der Waals surface area contributed by atoms with Gasteiger partial charge in [-0.2, -0.15) is 4.80 Å². The molecule has 0 aromatic carbocycles. The molecule has 0 aliphatic heterocycles. The summed E-state index contributed by atoms with van der Waals surface area (Å²) in [6.07, 6.45) is 0. The zero-order valence-corrected chi connectivity index (χ0v) is 8.08. The van der Waals surface area contributed by atoms with Gasteiger partial charge in [0.1, 0.15) is 0 Å². The molecule has 0 spiro atoms. The summed E-state index contributed by atoms with van der Waals surface area (Å²) in [7, 11) is 1.76. The van der Waals surface area contributed by atoms with Crippen molar-refractivity contribution in [3.05, 3.63) is 5.82 Å². The molecule has 0 saturated carbocycles. The van der Waals surface area contributed by atoms with E-state index in [4.69, 9.17) is 5.73 Å². The van der Waals surface area contributed by atoms with Gasteiger partial charge in [0.05, 0.1) is 12.8 Å². The van der Waals surface area contributed by atoms with Crippen LogP contribution in [-0.2, 0) is 12.8 Å². The van der Waals surface area contributed by atoms with Gasteiger partial charge in [0.25, 0.3) is 0 Å². The maximum absolute atomic E-state index is 5.46. The Morgan fingerprint density at radius 2 is 2.42 bits per heavy atom. The molecule has 12 heavy (non-hydrogen) atoms. The molecule has 0 bridgehead atoms. The average Bonchev–Trinajstić information content (AvgIpc) is 2.47. The van der Waals surface area contributed by atoms with Crippen LogP contribution in [0.25, 0.3) is 0 Å². The summed E-state index contributed by atoms with van der Waals surface area (Å²) < 4.78 is 0. The first-order valence-corrected chi connectivity index (χ1v) is 4.81. The number of hydrogen-bond acceptors (Lipinski definition) is 5. The van der Waals surface area contributed by atoms with E-state index >= 15 is 0 Å². The lowest BCUT2D eigenvalue weighted by atomic mass is 10.5. The summed E-state index contributed by atoms with van der Waals surface area (Å²) in [5, 5.41) is 12.1. The van der Waals surface area contributed by atoms with Crippen LogP contribution in [0.4, 0.5) is 0 Å². The summed E-state index contributed by atoms with van der Waals surface area (Å²) in [6.45, 7) is 2.77. The second-order valence-corrected chi connectivity index (χ2v) is 3.98. The number of nitrogens with zero attached hydrogens (tertiary/aromatic N) is 4. The molecule has 1 aromatic heterocycles. The van der Waals surface area contributed by atoms with Crippen molar-refractivity contribution in [1.82, 2.24) is 20.2 Å². The van der Waals surface area contributed by atoms with Crippen LogP contribution in [-0.4, -0.2) is 32.0 Å². The third kappa shape index (κ3) is 2.78. The predicted molar refractivity (Wildman–Crippen MR) is 48.6 cm³/mol. The lowest BCUT2D eigenvalue weighted by molar-refractivity contribution is 0.628.